The number of phenolic OH excluding ortho intramolecular Hbond substituents is 2. The van der Waals surface area contributed by atoms with Gasteiger partial charge in [0.05, 0.1) is 11.4 Å². The van der Waals surface area contributed by atoms with E-state index in [1.165, 1.54) is 0 Å². The van der Waals surface area contributed by atoms with E-state index >= 15 is 0 Å². The van der Waals surface area contributed by atoms with Gasteiger partial charge < -0.3 is 20.0 Å². The first-order valence-corrected chi connectivity index (χ1v) is 14.8. The van der Waals surface area contributed by atoms with Crippen LogP contribution >= 0.6 is 23.2 Å². The van der Waals surface area contributed by atoms with Gasteiger partial charge in [-0.2, -0.15) is 0 Å². The van der Waals surface area contributed by atoms with Gasteiger partial charge in [0.15, 0.2) is 0 Å². The number of fused-ring (bicyclic) bond motifs is 6. The number of aromatic hydroxyl groups is 2. The second-order valence-corrected chi connectivity index (χ2v) is 11.5. The molecule has 8 heteroatoms. The van der Waals surface area contributed by atoms with Gasteiger partial charge in [-0.3, -0.25) is 9.59 Å². The third kappa shape index (κ3) is 4.01. The van der Waals surface area contributed by atoms with Gasteiger partial charge in [-0.25, -0.2) is 0 Å². The quantitative estimate of drug-likeness (QED) is 0.212. The summed E-state index contributed by atoms with van der Waals surface area (Å²) < 4.78 is 0. The van der Waals surface area contributed by atoms with Gasteiger partial charge in [-0.05, 0) is 40.1 Å². The molecule has 210 valence electrons. The van der Waals surface area contributed by atoms with Crippen LogP contribution in [0.5, 0.6) is 11.5 Å². The lowest BCUT2D eigenvalue weighted by atomic mass is 9.95. The molecule has 2 N–H and O–H groups in total. The van der Waals surface area contributed by atoms with E-state index in [4.69, 9.17) is 23.2 Å². The zero-order valence-electron chi connectivity index (χ0n) is 22.4. The number of halogens is 2. The summed E-state index contributed by atoms with van der Waals surface area (Å²) in [7, 11) is 0. The number of carbonyl (C=O) groups excluding carboxylic acids is 2. The number of anilines is 2. The van der Waals surface area contributed by atoms with E-state index < -0.39 is 0 Å². The Morgan fingerprint density at radius 2 is 1.02 bits per heavy atom. The van der Waals surface area contributed by atoms with Gasteiger partial charge in [0.25, 0.3) is 11.8 Å². The second kappa shape index (κ2) is 10.2. The van der Waals surface area contributed by atoms with Crippen molar-refractivity contribution in [1.29, 1.82) is 0 Å². The highest BCUT2D eigenvalue weighted by Gasteiger charge is 2.37. The van der Waals surface area contributed by atoms with E-state index in [2.05, 4.69) is 0 Å². The zero-order chi connectivity index (χ0) is 29.1. The molecule has 7 rings (SSSR count). The van der Waals surface area contributed by atoms with Crippen LogP contribution in [0.15, 0.2) is 84.9 Å². The summed E-state index contributed by atoms with van der Waals surface area (Å²) in [6.45, 7) is 0.735. The van der Waals surface area contributed by atoms with Crippen molar-refractivity contribution in [2.75, 3.05) is 34.6 Å². The molecule has 0 aromatic heterocycles. The summed E-state index contributed by atoms with van der Waals surface area (Å²) in [4.78, 5) is 31.1. The number of nitrogens with zero attached hydrogens (tertiary/aromatic N) is 2. The van der Waals surface area contributed by atoms with Gasteiger partial charge in [-0.15, -0.1) is 23.2 Å². The van der Waals surface area contributed by atoms with E-state index in [0.29, 0.717) is 58.1 Å². The number of benzene rings is 5. The third-order valence-corrected chi connectivity index (χ3v) is 9.25. The molecule has 0 aliphatic carbocycles. The SMILES string of the molecule is O=C(c1cccc(C(=O)N2C[C@@H](CCl)c3c2cc(O)c2ccccc32)c1)N1C[C@@H](CCl)c2c1cc(O)c1ccccc21. The van der Waals surface area contributed by atoms with Crippen molar-refractivity contribution in [3.63, 3.8) is 0 Å². The number of alkyl halides is 2. The van der Waals surface area contributed by atoms with Crippen LogP contribution in [-0.2, 0) is 0 Å². The van der Waals surface area contributed by atoms with Crippen molar-refractivity contribution in [3.8, 4) is 11.5 Å². The van der Waals surface area contributed by atoms with E-state index in [9.17, 15) is 19.8 Å². The van der Waals surface area contributed by atoms with Crippen LogP contribution in [0.2, 0.25) is 0 Å². The fourth-order valence-corrected chi connectivity index (χ4v) is 7.09. The first kappa shape index (κ1) is 26.6. The molecule has 0 bridgehead atoms. The molecule has 0 radical (unpaired) electrons. The Morgan fingerprint density at radius 1 is 0.619 bits per heavy atom. The minimum atomic E-state index is -0.280. The summed E-state index contributed by atoms with van der Waals surface area (Å²) in [6.07, 6.45) is 0. The summed E-state index contributed by atoms with van der Waals surface area (Å²) in [6, 6.07) is 25.0. The van der Waals surface area contributed by atoms with Crippen LogP contribution in [0.4, 0.5) is 11.4 Å². The molecule has 5 aromatic carbocycles. The van der Waals surface area contributed by atoms with Crippen molar-refractivity contribution in [2.24, 2.45) is 0 Å². The van der Waals surface area contributed by atoms with Gasteiger partial charge >= 0.3 is 0 Å². The van der Waals surface area contributed by atoms with E-state index in [0.717, 1.165) is 21.9 Å². The van der Waals surface area contributed by atoms with Crippen LogP contribution in [0, 0.1) is 0 Å². The van der Waals surface area contributed by atoms with Crippen LogP contribution in [-0.4, -0.2) is 46.9 Å². The highest BCUT2D eigenvalue weighted by atomic mass is 35.5. The topological polar surface area (TPSA) is 81.1 Å². The Kier molecular flexibility index (Phi) is 6.48. The van der Waals surface area contributed by atoms with E-state index in [1.54, 1.807) is 46.2 Å². The molecule has 0 fully saturated rings. The fourth-order valence-electron chi connectivity index (χ4n) is 6.59. The number of hydrogen-bond acceptors (Lipinski definition) is 4. The first-order valence-electron chi connectivity index (χ1n) is 13.8. The Balaban J connectivity index is 1.25. The smallest absolute Gasteiger partial charge is 0.258 e. The highest BCUT2D eigenvalue weighted by Crippen LogP contribution is 2.47. The van der Waals surface area contributed by atoms with Crippen molar-refractivity contribution in [3.05, 3.63) is 107 Å². The maximum Gasteiger partial charge on any atom is 0.258 e. The molecule has 0 saturated heterocycles. The highest BCUT2D eigenvalue weighted by molar-refractivity contribution is 6.20. The fraction of sp³-hybridized carbons (Fsp3) is 0.176. The molecule has 42 heavy (non-hydrogen) atoms. The summed E-state index contributed by atoms with van der Waals surface area (Å²) in [5.41, 5.74) is 3.83. The summed E-state index contributed by atoms with van der Waals surface area (Å²) in [5, 5.41) is 24.7. The minimum absolute atomic E-state index is 0.0959. The lowest BCUT2D eigenvalue weighted by molar-refractivity contribution is 0.0987. The van der Waals surface area contributed by atoms with Crippen molar-refractivity contribution >= 4 is 67.9 Å². The zero-order valence-corrected chi connectivity index (χ0v) is 23.9. The molecule has 0 spiro atoms. The molecular formula is C34H26Cl2N2O4. The van der Waals surface area contributed by atoms with Gasteiger partial charge in [0, 0.05) is 70.7 Å². The van der Waals surface area contributed by atoms with Crippen molar-refractivity contribution in [1.82, 2.24) is 0 Å². The Labute approximate surface area is 252 Å². The Bertz CT molecular complexity index is 1790. The Hall–Kier alpha value is -4.26. The minimum Gasteiger partial charge on any atom is -0.507 e. The molecule has 2 heterocycles. The molecular weight excluding hydrogens is 571 g/mol. The molecule has 5 aromatic rings. The second-order valence-electron chi connectivity index (χ2n) is 10.9. The first-order chi connectivity index (χ1) is 20.4. The van der Waals surface area contributed by atoms with Crippen molar-refractivity contribution in [2.45, 2.75) is 11.8 Å². The molecule has 6 nitrogen and oxygen atoms in total. The lowest BCUT2D eigenvalue weighted by Gasteiger charge is -2.21. The molecule has 2 amide bonds. The van der Waals surface area contributed by atoms with Crippen LogP contribution in [0.3, 0.4) is 0 Å². The van der Waals surface area contributed by atoms with Gasteiger partial charge in [0.2, 0.25) is 0 Å². The monoisotopic (exact) mass is 596 g/mol. The maximum atomic E-state index is 13.9. The van der Waals surface area contributed by atoms with Crippen molar-refractivity contribution < 1.29 is 19.8 Å². The number of amides is 2. The van der Waals surface area contributed by atoms with Gasteiger partial charge in [-0.1, -0.05) is 54.6 Å². The predicted molar refractivity (Wildman–Crippen MR) is 168 cm³/mol. The maximum absolute atomic E-state index is 13.9. The molecule has 0 unspecified atom stereocenters. The number of hydrogen-bond donors (Lipinski definition) is 2. The van der Waals surface area contributed by atoms with Gasteiger partial charge in [0.1, 0.15) is 11.5 Å². The van der Waals surface area contributed by atoms with Crippen LogP contribution in [0.1, 0.15) is 43.7 Å². The number of carbonyl (C=O) groups is 2. The number of phenols is 2. The Morgan fingerprint density at radius 3 is 1.43 bits per heavy atom. The normalized spacial score (nSPS) is 17.6. The average molecular weight is 597 g/mol. The van der Waals surface area contributed by atoms with E-state index in [1.807, 2.05) is 48.5 Å². The molecule has 2 atom stereocenters. The summed E-state index contributed by atoms with van der Waals surface area (Å²) >= 11 is 12.7. The van der Waals surface area contributed by atoms with Crippen LogP contribution < -0.4 is 9.80 Å². The molecule has 2 aliphatic heterocycles. The van der Waals surface area contributed by atoms with Crippen LogP contribution in [0.25, 0.3) is 21.5 Å². The molecule has 2 aliphatic rings. The lowest BCUT2D eigenvalue weighted by Crippen LogP contribution is -2.32. The van der Waals surface area contributed by atoms with E-state index in [-0.39, 0.29) is 35.1 Å². The molecule has 0 saturated carbocycles. The summed E-state index contributed by atoms with van der Waals surface area (Å²) in [5.74, 6) is 0.0736. The largest absolute Gasteiger partial charge is 0.507 e. The predicted octanol–water partition coefficient (Wildman–Crippen LogP) is 7.37. The average Bonchev–Trinajstić information content (AvgIpc) is 3.59. The standard InChI is InChI=1S/C34H26Cl2N2O4/c35-15-21-17-37(27-13-29(39)23-8-1-3-10-25(23)31(21)27)33(41)19-6-5-7-20(12-19)34(42)38-18-22(16-36)32-26-11-4-2-9-24(26)30(40)14-28(32)38/h1-14,21-22,39-40H,15-18H2/t21-,22-/m1/s1. The number of rotatable bonds is 4. The third-order valence-electron chi connectivity index (χ3n) is 8.51.